The van der Waals surface area contributed by atoms with Crippen LogP contribution < -0.4 is 10.1 Å². The summed E-state index contributed by atoms with van der Waals surface area (Å²) >= 11 is 5.07. The largest absolute Gasteiger partial charge is 0.496 e. The minimum absolute atomic E-state index is 0.00504. The van der Waals surface area contributed by atoms with Crippen LogP contribution in [0.25, 0.3) is 21.8 Å². The van der Waals surface area contributed by atoms with Crippen molar-refractivity contribution in [3.8, 4) is 27.6 Å². The second-order valence-corrected chi connectivity index (χ2v) is 7.14. The summed E-state index contributed by atoms with van der Waals surface area (Å²) in [5, 5.41) is 5.77. The average Bonchev–Trinajstić information content (AvgIpc) is 3.12. The summed E-state index contributed by atoms with van der Waals surface area (Å²) in [6, 6.07) is 13.6. The number of methoxy groups -OCH3 is 1. The van der Waals surface area contributed by atoms with Crippen LogP contribution in [-0.2, 0) is 4.79 Å². The fourth-order valence-electron chi connectivity index (χ4n) is 2.35. The lowest BCUT2D eigenvalue weighted by Crippen LogP contribution is -2.08. The SMILES string of the molecule is CCC(=O)Nc1ccc(-c2csc(-c3cc(Br)ccc3OC)n2)cc1. The van der Waals surface area contributed by atoms with Gasteiger partial charge in [-0.25, -0.2) is 4.98 Å². The molecule has 0 aliphatic heterocycles. The van der Waals surface area contributed by atoms with E-state index in [1.807, 2.05) is 54.8 Å². The number of amides is 1. The Bertz CT molecular complexity index is 891. The molecule has 1 N–H and O–H groups in total. The number of thiazole rings is 1. The molecule has 0 saturated carbocycles. The highest BCUT2D eigenvalue weighted by Gasteiger charge is 2.12. The second kappa shape index (κ2) is 7.80. The number of rotatable bonds is 5. The van der Waals surface area contributed by atoms with Gasteiger partial charge in [-0.05, 0) is 30.3 Å². The Morgan fingerprint density at radius 2 is 2.00 bits per heavy atom. The molecule has 0 aliphatic rings. The van der Waals surface area contributed by atoms with E-state index in [9.17, 15) is 4.79 Å². The van der Waals surface area contributed by atoms with Crippen molar-refractivity contribution in [2.75, 3.05) is 12.4 Å². The summed E-state index contributed by atoms with van der Waals surface area (Å²) in [6.45, 7) is 1.83. The van der Waals surface area contributed by atoms with Crippen LogP contribution in [0.3, 0.4) is 0 Å². The second-order valence-electron chi connectivity index (χ2n) is 5.36. The number of carbonyl (C=O) groups excluding carboxylic acids is 1. The van der Waals surface area contributed by atoms with Crippen molar-refractivity contribution in [3.05, 3.63) is 52.3 Å². The molecule has 0 aliphatic carbocycles. The molecule has 25 heavy (non-hydrogen) atoms. The first-order valence-corrected chi connectivity index (χ1v) is 9.47. The zero-order chi connectivity index (χ0) is 17.8. The van der Waals surface area contributed by atoms with E-state index >= 15 is 0 Å². The molecule has 0 bridgehead atoms. The number of nitrogens with zero attached hydrogens (tertiary/aromatic N) is 1. The third kappa shape index (κ3) is 4.08. The molecule has 6 heteroatoms. The zero-order valence-corrected chi connectivity index (χ0v) is 16.3. The van der Waals surface area contributed by atoms with Gasteiger partial charge < -0.3 is 10.1 Å². The summed E-state index contributed by atoms with van der Waals surface area (Å²) in [5.74, 6) is 0.798. The van der Waals surface area contributed by atoms with E-state index in [-0.39, 0.29) is 5.91 Å². The number of nitrogens with one attached hydrogen (secondary N) is 1. The van der Waals surface area contributed by atoms with E-state index in [0.29, 0.717) is 6.42 Å². The van der Waals surface area contributed by atoms with Crippen LogP contribution in [0.2, 0.25) is 0 Å². The normalized spacial score (nSPS) is 10.5. The summed E-state index contributed by atoms with van der Waals surface area (Å²) in [5.41, 5.74) is 3.65. The average molecular weight is 417 g/mol. The van der Waals surface area contributed by atoms with Gasteiger partial charge in [0.1, 0.15) is 10.8 Å². The third-order valence-electron chi connectivity index (χ3n) is 3.68. The number of aromatic nitrogens is 1. The molecule has 3 aromatic rings. The summed E-state index contributed by atoms with van der Waals surface area (Å²) in [6.07, 6.45) is 0.464. The van der Waals surface area contributed by atoms with E-state index < -0.39 is 0 Å². The maximum Gasteiger partial charge on any atom is 0.224 e. The van der Waals surface area contributed by atoms with Crippen LogP contribution in [-0.4, -0.2) is 18.0 Å². The number of carbonyl (C=O) groups is 1. The van der Waals surface area contributed by atoms with Gasteiger partial charge in [-0.1, -0.05) is 35.0 Å². The molecule has 0 radical (unpaired) electrons. The maximum atomic E-state index is 11.4. The summed E-state index contributed by atoms with van der Waals surface area (Å²) in [7, 11) is 1.66. The van der Waals surface area contributed by atoms with Gasteiger partial charge >= 0.3 is 0 Å². The topological polar surface area (TPSA) is 51.2 Å². The zero-order valence-electron chi connectivity index (χ0n) is 13.9. The van der Waals surface area contributed by atoms with Gasteiger partial charge in [0.15, 0.2) is 0 Å². The first kappa shape index (κ1) is 17.6. The Kier molecular flexibility index (Phi) is 5.50. The van der Waals surface area contributed by atoms with E-state index in [1.165, 1.54) is 0 Å². The highest BCUT2D eigenvalue weighted by molar-refractivity contribution is 9.10. The fourth-order valence-corrected chi connectivity index (χ4v) is 3.56. The van der Waals surface area contributed by atoms with E-state index in [4.69, 9.17) is 9.72 Å². The van der Waals surface area contributed by atoms with Crippen molar-refractivity contribution in [2.45, 2.75) is 13.3 Å². The van der Waals surface area contributed by atoms with Crippen LogP contribution in [0.1, 0.15) is 13.3 Å². The molecule has 0 saturated heterocycles. The van der Waals surface area contributed by atoms with Crippen molar-refractivity contribution in [1.29, 1.82) is 0 Å². The van der Waals surface area contributed by atoms with Crippen molar-refractivity contribution >= 4 is 38.9 Å². The molecule has 3 rings (SSSR count). The first-order chi connectivity index (χ1) is 12.1. The lowest BCUT2D eigenvalue weighted by molar-refractivity contribution is -0.115. The Hall–Kier alpha value is -2.18. The molecule has 0 unspecified atom stereocenters. The summed E-state index contributed by atoms with van der Waals surface area (Å²) in [4.78, 5) is 16.2. The quantitative estimate of drug-likeness (QED) is 0.588. The number of hydrogen-bond acceptors (Lipinski definition) is 4. The third-order valence-corrected chi connectivity index (χ3v) is 5.05. The lowest BCUT2D eigenvalue weighted by atomic mass is 10.1. The number of ether oxygens (including phenoxy) is 1. The predicted octanol–water partition coefficient (Wildman–Crippen LogP) is 5.60. The van der Waals surface area contributed by atoms with Crippen molar-refractivity contribution in [1.82, 2.24) is 4.98 Å². The van der Waals surface area contributed by atoms with Crippen molar-refractivity contribution in [2.24, 2.45) is 0 Å². The predicted molar refractivity (Wildman–Crippen MR) is 106 cm³/mol. The molecule has 2 aromatic carbocycles. The minimum atomic E-state index is 0.00504. The molecule has 0 atom stereocenters. The number of hydrogen-bond donors (Lipinski definition) is 1. The number of benzene rings is 2. The van der Waals surface area contributed by atoms with Crippen LogP contribution in [0.4, 0.5) is 5.69 Å². The fraction of sp³-hybridized carbons (Fsp3) is 0.158. The van der Waals surface area contributed by atoms with Gasteiger partial charge in [0.25, 0.3) is 0 Å². The Morgan fingerprint density at radius 1 is 1.24 bits per heavy atom. The molecule has 1 aromatic heterocycles. The standard InChI is InChI=1S/C19H17BrN2O2S/c1-3-18(23)21-14-7-4-12(5-8-14)16-11-25-19(22-16)15-10-13(20)6-9-17(15)24-2/h4-11H,3H2,1-2H3,(H,21,23). The van der Waals surface area contributed by atoms with Gasteiger partial charge in [0.05, 0.1) is 18.4 Å². The van der Waals surface area contributed by atoms with Gasteiger partial charge in [-0.3, -0.25) is 4.79 Å². The Balaban J connectivity index is 1.87. The van der Waals surface area contributed by atoms with Crippen LogP contribution in [0, 0.1) is 0 Å². The summed E-state index contributed by atoms with van der Waals surface area (Å²) < 4.78 is 6.42. The molecule has 0 fully saturated rings. The van der Waals surface area contributed by atoms with Gasteiger partial charge in [0, 0.05) is 27.5 Å². The molecular weight excluding hydrogens is 400 g/mol. The molecule has 1 heterocycles. The van der Waals surface area contributed by atoms with E-state index in [0.717, 1.165) is 37.7 Å². The van der Waals surface area contributed by atoms with E-state index in [2.05, 4.69) is 21.2 Å². The van der Waals surface area contributed by atoms with Crippen LogP contribution >= 0.6 is 27.3 Å². The smallest absolute Gasteiger partial charge is 0.224 e. The molecule has 128 valence electrons. The Labute approximate surface area is 159 Å². The highest BCUT2D eigenvalue weighted by atomic mass is 79.9. The monoisotopic (exact) mass is 416 g/mol. The molecule has 0 spiro atoms. The van der Waals surface area contributed by atoms with Gasteiger partial charge in [-0.15, -0.1) is 11.3 Å². The lowest BCUT2D eigenvalue weighted by Gasteiger charge is -2.06. The van der Waals surface area contributed by atoms with Crippen molar-refractivity contribution in [3.63, 3.8) is 0 Å². The highest BCUT2D eigenvalue weighted by Crippen LogP contribution is 2.36. The molecule has 1 amide bonds. The number of anilines is 1. The molecule has 4 nitrogen and oxygen atoms in total. The minimum Gasteiger partial charge on any atom is -0.496 e. The maximum absolute atomic E-state index is 11.4. The van der Waals surface area contributed by atoms with Crippen molar-refractivity contribution < 1.29 is 9.53 Å². The van der Waals surface area contributed by atoms with Crippen LogP contribution in [0.15, 0.2) is 52.3 Å². The van der Waals surface area contributed by atoms with Crippen LogP contribution in [0.5, 0.6) is 5.75 Å². The van der Waals surface area contributed by atoms with Gasteiger partial charge in [0.2, 0.25) is 5.91 Å². The first-order valence-electron chi connectivity index (χ1n) is 7.80. The van der Waals surface area contributed by atoms with Gasteiger partial charge in [-0.2, -0.15) is 0 Å². The van der Waals surface area contributed by atoms with E-state index in [1.54, 1.807) is 18.4 Å². The molecular formula is C19H17BrN2O2S. The number of halogens is 1. The Morgan fingerprint density at radius 3 is 2.68 bits per heavy atom.